The summed E-state index contributed by atoms with van der Waals surface area (Å²) in [6, 6.07) is 12.0. The van der Waals surface area contributed by atoms with E-state index in [0.717, 1.165) is 5.39 Å². The summed E-state index contributed by atoms with van der Waals surface area (Å²) in [6.45, 7) is 2.14. The average Bonchev–Trinajstić information content (AvgIpc) is 3.16. The summed E-state index contributed by atoms with van der Waals surface area (Å²) < 4.78 is 5.14. The molecule has 0 saturated carbocycles. The number of nitrogens with one attached hydrogen (secondary N) is 1. The van der Waals surface area contributed by atoms with Gasteiger partial charge < -0.3 is 9.72 Å². The molecule has 1 aliphatic heterocycles. The minimum absolute atomic E-state index is 0.161. The van der Waals surface area contributed by atoms with E-state index in [4.69, 9.17) is 16.3 Å². The van der Waals surface area contributed by atoms with Gasteiger partial charge in [0.05, 0.1) is 17.7 Å². The Labute approximate surface area is 166 Å². The highest BCUT2D eigenvalue weighted by Crippen LogP contribution is 2.28. The molecule has 1 N–H and O–H groups in total. The first kappa shape index (κ1) is 18.3. The highest BCUT2D eigenvalue weighted by molar-refractivity contribution is 6.31. The van der Waals surface area contributed by atoms with Gasteiger partial charge in [-0.1, -0.05) is 29.8 Å². The SMILES string of the molecule is CCOC(=O)c1[nH]c2cc(Cl)ccc2c1CCN1C(=O)c2ccccc2C1=O. The van der Waals surface area contributed by atoms with Gasteiger partial charge in [-0.05, 0) is 43.2 Å². The van der Waals surface area contributed by atoms with E-state index in [1.54, 1.807) is 43.3 Å². The van der Waals surface area contributed by atoms with Crippen LogP contribution in [0.15, 0.2) is 42.5 Å². The second-order valence-electron chi connectivity index (χ2n) is 6.45. The van der Waals surface area contributed by atoms with E-state index in [2.05, 4.69) is 4.98 Å². The van der Waals surface area contributed by atoms with Gasteiger partial charge in [0.15, 0.2) is 0 Å². The molecule has 1 aromatic heterocycles. The standard InChI is InChI=1S/C21H17ClN2O4/c1-2-28-21(27)18-14(13-8-7-12(22)11-17(13)23-18)9-10-24-19(25)15-5-3-4-6-16(15)20(24)26/h3-8,11,23H,2,9-10H2,1H3. The summed E-state index contributed by atoms with van der Waals surface area (Å²) in [6.07, 6.45) is 0.321. The molecule has 0 spiro atoms. The number of carbonyl (C=O) groups is 3. The number of nitrogens with zero attached hydrogens (tertiary/aromatic N) is 1. The molecule has 1 aliphatic rings. The van der Waals surface area contributed by atoms with Crippen molar-refractivity contribution in [2.24, 2.45) is 0 Å². The third-order valence-electron chi connectivity index (χ3n) is 4.81. The molecule has 28 heavy (non-hydrogen) atoms. The number of ether oxygens (including phenoxy) is 1. The van der Waals surface area contributed by atoms with Crippen LogP contribution >= 0.6 is 11.6 Å². The second-order valence-corrected chi connectivity index (χ2v) is 6.88. The summed E-state index contributed by atoms with van der Waals surface area (Å²) >= 11 is 6.06. The number of benzene rings is 2. The molecular weight excluding hydrogens is 380 g/mol. The van der Waals surface area contributed by atoms with Crippen molar-refractivity contribution in [3.8, 4) is 0 Å². The Morgan fingerprint density at radius 1 is 1.11 bits per heavy atom. The third kappa shape index (κ3) is 2.96. The number of hydrogen-bond acceptors (Lipinski definition) is 4. The highest BCUT2D eigenvalue weighted by atomic mass is 35.5. The molecule has 0 saturated heterocycles. The zero-order chi connectivity index (χ0) is 19.8. The predicted octanol–water partition coefficient (Wildman–Crippen LogP) is 3.84. The Balaban J connectivity index is 1.66. The van der Waals surface area contributed by atoms with Crippen LogP contribution in [0.5, 0.6) is 0 Å². The fourth-order valence-electron chi connectivity index (χ4n) is 3.53. The molecule has 2 heterocycles. The first-order valence-electron chi connectivity index (χ1n) is 8.93. The first-order chi connectivity index (χ1) is 13.5. The number of amides is 2. The third-order valence-corrected chi connectivity index (χ3v) is 5.05. The smallest absolute Gasteiger partial charge is 0.355 e. The number of imide groups is 1. The zero-order valence-electron chi connectivity index (χ0n) is 15.1. The summed E-state index contributed by atoms with van der Waals surface area (Å²) in [5, 5.41) is 1.35. The lowest BCUT2D eigenvalue weighted by Crippen LogP contribution is -2.32. The van der Waals surface area contributed by atoms with Gasteiger partial charge >= 0.3 is 5.97 Å². The Morgan fingerprint density at radius 3 is 2.43 bits per heavy atom. The molecule has 7 heteroatoms. The highest BCUT2D eigenvalue weighted by Gasteiger charge is 2.35. The van der Waals surface area contributed by atoms with Gasteiger partial charge in [0.1, 0.15) is 5.69 Å². The molecule has 0 atom stereocenters. The number of hydrogen-bond donors (Lipinski definition) is 1. The van der Waals surface area contributed by atoms with Gasteiger partial charge in [0, 0.05) is 22.5 Å². The Bertz CT molecular complexity index is 1080. The van der Waals surface area contributed by atoms with Crippen LogP contribution in [0.4, 0.5) is 0 Å². The van der Waals surface area contributed by atoms with Crippen molar-refractivity contribution in [1.29, 1.82) is 0 Å². The number of aromatic amines is 1. The normalized spacial score (nSPS) is 13.3. The molecule has 142 valence electrons. The minimum Gasteiger partial charge on any atom is -0.461 e. The fraction of sp³-hybridized carbons (Fsp3) is 0.190. The summed E-state index contributed by atoms with van der Waals surface area (Å²) in [4.78, 5) is 41.8. The van der Waals surface area contributed by atoms with Crippen molar-refractivity contribution in [1.82, 2.24) is 9.88 Å². The predicted molar refractivity (Wildman–Crippen MR) is 105 cm³/mol. The van der Waals surface area contributed by atoms with E-state index in [9.17, 15) is 14.4 Å². The van der Waals surface area contributed by atoms with Crippen molar-refractivity contribution in [2.75, 3.05) is 13.2 Å². The van der Waals surface area contributed by atoms with Gasteiger partial charge in [-0.3, -0.25) is 14.5 Å². The summed E-state index contributed by atoms with van der Waals surface area (Å²) in [5.41, 5.74) is 2.53. The molecule has 0 unspecified atom stereocenters. The van der Waals surface area contributed by atoms with Crippen LogP contribution in [0.25, 0.3) is 10.9 Å². The lowest BCUT2D eigenvalue weighted by atomic mass is 10.1. The van der Waals surface area contributed by atoms with E-state index in [1.165, 1.54) is 4.90 Å². The number of halogens is 1. The monoisotopic (exact) mass is 396 g/mol. The number of fused-ring (bicyclic) bond motifs is 2. The van der Waals surface area contributed by atoms with E-state index in [0.29, 0.717) is 39.3 Å². The number of rotatable bonds is 5. The van der Waals surface area contributed by atoms with Gasteiger partial charge in [-0.25, -0.2) is 4.79 Å². The number of esters is 1. The minimum atomic E-state index is -0.479. The Hall–Kier alpha value is -3.12. The van der Waals surface area contributed by atoms with E-state index in [1.807, 2.05) is 6.07 Å². The molecule has 0 fully saturated rings. The van der Waals surface area contributed by atoms with Crippen molar-refractivity contribution >= 4 is 40.3 Å². The number of carbonyl (C=O) groups excluding carboxylic acids is 3. The average molecular weight is 397 g/mol. The zero-order valence-corrected chi connectivity index (χ0v) is 15.9. The summed E-state index contributed by atoms with van der Waals surface area (Å²) in [5.74, 6) is -1.12. The molecule has 2 aromatic carbocycles. The van der Waals surface area contributed by atoms with E-state index >= 15 is 0 Å². The maximum Gasteiger partial charge on any atom is 0.355 e. The number of H-pyrrole nitrogens is 1. The second kappa shape index (κ2) is 7.13. The van der Waals surface area contributed by atoms with Crippen LogP contribution in [0, 0.1) is 0 Å². The van der Waals surface area contributed by atoms with Gasteiger partial charge in [-0.2, -0.15) is 0 Å². The first-order valence-corrected chi connectivity index (χ1v) is 9.31. The molecule has 2 amide bonds. The van der Waals surface area contributed by atoms with Crippen LogP contribution < -0.4 is 0 Å². The van der Waals surface area contributed by atoms with Gasteiger partial charge in [0.2, 0.25) is 0 Å². The lowest BCUT2D eigenvalue weighted by molar-refractivity contribution is 0.0519. The van der Waals surface area contributed by atoms with Crippen LogP contribution in [-0.2, 0) is 11.2 Å². The van der Waals surface area contributed by atoms with Crippen LogP contribution in [0.1, 0.15) is 43.7 Å². The fourth-order valence-corrected chi connectivity index (χ4v) is 3.70. The lowest BCUT2D eigenvalue weighted by Gasteiger charge is -2.14. The maximum atomic E-state index is 12.6. The van der Waals surface area contributed by atoms with Crippen molar-refractivity contribution in [2.45, 2.75) is 13.3 Å². The number of aromatic nitrogens is 1. The molecule has 0 aliphatic carbocycles. The molecule has 0 bridgehead atoms. The van der Waals surface area contributed by atoms with Crippen molar-refractivity contribution < 1.29 is 19.1 Å². The van der Waals surface area contributed by atoms with E-state index < -0.39 is 5.97 Å². The molecule has 6 nitrogen and oxygen atoms in total. The Kier molecular flexibility index (Phi) is 4.65. The van der Waals surface area contributed by atoms with Crippen LogP contribution in [0.2, 0.25) is 5.02 Å². The maximum absolute atomic E-state index is 12.6. The Morgan fingerprint density at radius 2 is 1.79 bits per heavy atom. The van der Waals surface area contributed by atoms with Gasteiger partial charge in [0.25, 0.3) is 11.8 Å². The van der Waals surface area contributed by atoms with Crippen molar-refractivity contribution in [3.05, 3.63) is 69.9 Å². The van der Waals surface area contributed by atoms with Crippen LogP contribution in [-0.4, -0.2) is 40.8 Å². The molecule has 4 rings (SSSR count). The largest absolute Gasteiger partial charge is 0.461 e. The molecular formula is C21H17ClN2O4. The topological polar surface area (TPSA) is 79.5 Å². The van der Waals surface area contributed by atoms with Crippen LogP contribution in [0.3, 0.4) is 0 Å². The van der Waals surface area contributed by atoms with E-state index in [-0.39, 0.29) is 25.0 Å². The van der Waals surface area contributed by atoms with Gasteiger partial charge in [-0.15, -0.1) is 0 Å². The molecule has 3 aromatic rings. The molecule has 0 radical (unpaired) electrons. The quantitative estimate of drug-likeness (QED) is 0.525. The van der Waals surface area contributed by atoms with Crippen molar-refractivity contribution in [3.63, 3.8) is 0 Å². The summed E-state index contributed by atoms with van der Waals surface area (Å²) in [7, 11) is 0.